The predicted octanol–water partition coefficient (Wildman–Crippen LogP) is 5.94. The third kappa shape index (κ3) is 6.54. The molecule has 0 radical (unpaired) electrons. The number of carbonyl (C=O) groups is 2. The van der Waals surface area contributed by atoms with E-state index in [9.17, 15) is 9.59 Å². The highest BCUT2D eigenvalue weighted by molar-refractivity contribution is 5.92. The van der Waals surface area contributed by atoms with Crippen LogP contribution in [0.5, 0.6) is 0 Å². The van der Waals surface area contributed by atoms with Crippen molar-refractivity contribution in [1.82, 2.24) is 5.32 Å². The Balaban J connectivity index is 2.66. The van der Waals surface area contributed by atoms with Gasteiger partial charge in [0.15, 0.2) is 6.04 Å². The molecular weight excluding hydrogens is 448 g/mol. The molecule has 0 saturated carbocycles. The first-order valence-electron chi connectivity index (χ1n) is 12.9. The van der Waals surface area contributed by atoms with E-state index in [0.29, 0.717) is 5.84 Å². The average Bonchev–Trinajstić information content (AvgIpc) is 2.79. The van der Waals surface area contributed by atoms with Crippen LogP contribution >= 0.6 is 0 Å². The van der Waals surface area contributed by atoms with Crippen molar-refractivity contribution in [1.29, 1.82) is 0 Å². The van der Waals surface area contributed by atoms with Gasteiger partial charge in [0.2, 0.25) is 11.8 Å². The molecule has 2 aromatic rings. The van der Waals surface area contributed by atoms with Gasteiger partial charge in [-0.2, -0.15) is 0 Å². The number of carbonyl (C=O) groups excluding carboxylic acids is 2. The number of benzene rings is 2. The molecule has 0 heterocycles. The lowest BCUT2D eigenvalue weighted by Crippen LogP contribution is -2.38. The molecule has 0 aliphatic carbocycles. The number of nitrogens with zero attached hydrogens (tertiary/aromatic N) is 1. The SMILES string of the molecule is CC(=NC(C(N)=O)c1c(C(C)C)cccc1C(C)C)NC(C(N)=O)c1c(C(C)C)cccc1C(C)C. The van der Waals surface area contributed by atoms with Crippen molar-refractivity contribution >= 4 is 17.6 Å². The Morgan fingerprint density at radius 2 is 1.03 bits per heavy atom. The molecule has 2 atom stereocenters. The van der Waals surface area contributed by atoms with Crippen molar-refractivity contribution in [3.63, 3.8) is 0 Å². The Morgan fingerprint density at radius 1 is 0.667 bits per heavy atom. The van der Waals surface area contributed by atoms with Crippen LogP contribution in [0.15, 0.2) is 41.4 Å². The minimum absolute atomic E-state index is 0.189. The van der Waals surface area contributed by atoms with Gasteiger partial charge in [0.1, 0.15) is 6.04 Å². The van der Waals surface area contributed by atoms with Gasteiger partial charge in [-0.3, -0.25) is 14.6 Å². The lowest BCUT2D eigenvalue weighted by molar-refractivity contribution is -0.120. The van der Waals surface area contributed by atoms with Gasteiger partial charge in [-0.1, -0.05) is 91.8 Å². The minimum Gasteiger partial charge on any atom is -0.368 e. The fourth-order valence-electron chi connectivity index (χ4n) is 4.86. The zero-order valence-electron chi connectivity index (χ0n) is 23.3. The average molecular weight is 493 g/mol. The summed E-state index contributed by atoms with van der Waals surface area (Å²) in [4.78, 5) is 30.3. The van der Waals surface area contributed by atoms with Crippen molar-refractivity contribution in [3.8, 4) is 0 Å². The molecule has 2 aromatic carbocycles. The molecule has 6 nitrogen and oxygen atoms in total. The molecule has 0 bridgehead atoms. The molecule has 2 unspecified atom stereocenters. The molecule has 196 valence electrons. The number of amides is 2. The Kier molecular flexibility index (Phi) is 9.85. The summed E-state index contributed by atoms with van der Waals surface area (Å²) in [5, 5.41) is 3.24. The molecule has 0 saturated heterocycles. The van der Waals surface area contributed by atoms with Crippen LogP contribution in [0.1, 0.15) is 131 Å². The Hall–Kier alpha value is -3.15. The molecule has 5 N–H and O–H groups in total. The Labute approximate surface area is 217 Å². The standard InChI is InChI=1S/C30H44N4O2/c1-16(2)21-12-10-13-22(17(3)4)25(21)27(29(31)35)33-20(9)34-28(30(32)36)26-23(18(5)6)14-11-15-24(26)19(7)8/h10-19,27-28H,1-9H3,(H2,31,35)(H2,32,36)(H,33,34). The Morgan fingerprint density at radius 3 is 1.33 bits per heavy atom. The summed E-state index contributed by atoms with van der Waals surface area (Å²) in [6.45, 7) is 18.5. The monoisotopic (exact) mass is 492 g/mol. The fourth-order valence-corrected chi connectivity index (χ4v) is 4.86. The van der Waals surface area contributed by atoms with Crippen molar-refractivity contribution in [2.24, 2.45) is 16.5 Å². The number of rotatable bonds is 10. The normalized spacial score (nSPS) is 14.0. The van der Waals surface area contributed by atoms with Crippen molar-refractivity contribution in [2.45, 2.75) is 98.1 Å². The number of hydrogen-bond donors (Lipinski definition) is 3. The van der Waals surface area contributed by atoms with E-state index in [4.69, 9.17) is 16.5 Å². The molecular formula is C30H44N4O2. The molecule has 0 aliphatic heterocycles. The first-order valence-corrected chi connectivity index (χ1v) is 12.9. The third-order valence-corrected chi connectivity index (χ3v) is 6.63. The van der Waals surface area contributed by atoms with E-state index in [2.05, 4.69) is 60.7 Å². The van der Waals surface area contributed by atoms with Crippen LogP contribution in [0.3, 0.4) is 0 Å². The smallest absolute Gasteiger partial charge is 0.246 e. The maximum Gasteiger partial charge on any atom is 0.246 e. The van der Waals surface area contributed by atoms with E-state index in [-0.39, 0.29) is 23.7 Å². The molecule has 0 fully saturated rings. The van der Waals surface area contributed by atoms with Crippen molar-refractivity contribution in [3.05, 3.63) is 69.8 Å². The molecule has 0 aromatic heterocycles. The summed E-state index contributed by atoms with van der Waals surface area (Å²) < 4.78 is 0. The third-order valence-electron chi connectivity index (χ3n) is 6.63. The van der Waals surface area contributed by atoms with E-state index in [1.807, 2.05) is 36.4 Å². The van der Waals surface area contributed by atoms with Crippen LogP contribution in [0.25, 0.3) is 0 Å². The zero-order valence-corrected chi connectivity index (χ0v) is 23.3. The highest BCUT2D eigenvalue weighted by Crippen LogP contribution is 2.35. The van der Waals surface area contributed by atoms with Crippen molar-refractivity contribution in [2.75, 3.05) is 0 Å². The lowest BCUT2D eigenvalue weighted by atomic mass is 9.84. The number of amidine groups is 1. The van der Waals surface area contributed by atoms with Gasteiger partial charge in [-0.15, -0.1) is 0 Å². The second kappa shape index (κ2) is 12.2. The minimum atomic E-state index is -0.882. The predicted molar refractivity (Wildman–Crippen MR) is 149 cm³/mol. The first kappa shape index (κ1) is 29.1. The van der Waals surface area contributed by atoms with Crippen LogP contribution in [-0.4, -0.2) is 17.6 Å². The second-order valence-corrected chi connectivity index (χ2v) is 10.8. The zero-order chi connectivity index (χ0) is 27.3. The first-order chi connectivity index (χ1) is 16.8. The number of nitrogens with one attached hydrogen (secondary N) is 1. The van der Waals surface area contributed by atoms with Crippen LogP contribution in [0.4, 0.5) is 0 Å². The second-order valence-electron chi connectivity index (χ2n) is 10.8. The molecule has 0 spiro atoms. The summed E-state index contributed by atoms with van der Waals surface area (Å²) in [5.41, 5.74) is 17.8. The maximum atomic E-state index is 12.8. The molecule has 2 amide bonds. The number of nitrogens with two attached hydrogens (primary N) is 2. The summed E-state index contributed by atoms with van der Waals surface area (Å²) in [6.07, 6.45) is 0. The van der Waals surface area contributed by atoms with Crippen LogP contribution in [0, 0.1) is 0 Å². The summed E-state index contributed by atoms with van der Waals surface area (Å²) in [5.74, 6) is 0.175. The van der Waals surface area contributed by atoms with E-state index in [1.165, 1.54) is 0 Å². The quantitative estimate of drug-likeness (QED) is 0.282. The summed E-state index contributed by atoms with van der Waals surface area (Å²) in [6, 6.07) is 10.5. The summed E-state index contributed by atoms with van der Waals surface area (Å²) >= 11 is 0. The summed E-state index contributed by atoms with van der Waals surface area (Å²) in [7, 11) is 0. The Bertz CT molecular complexity index is 1060. The van der Waals surface area contributed by atoms with Crippen LogP contribution in [-0.2, 0) is 9.59 Å². The van der Waals surface area contributed by atoms with Gasteiger partial charge in [-0.25, -0.2) is 0 Å². The number of aliphatic imine (C=N–C) groups is 1. The molecule has 6 heteroatoms. The van der Waals surface area contributed by atoms with E-state index in [0.717, 1.165) is 33.4 Å². The van der Waals surface area contributed by atoms with E-state index in [1.54, 1.807) is 6.92 Å². The van der Waals surface area contributed by atoms with Gasteiger partial charge in [0, 0.05) is 0 Å². The molecule has 2 rings (SSSR count). The van der Waals surface area contributed by atoms with Gasteiger partial charge in [0.05, 0.1) is 5.84 Å². The van der Waals surface area contributed by atoms with E-state index >= 15 is 0 Å². The van der Waals surface area contributed by atoms with Crippen LogP contribution in [0.2, 0.25) is 0 Å². The number of primary amides is 2. The maximum absolute atomic E-state index is 12.8. The van der Waals surface area contributed by atoms with Gasteiger partial charge < -0.3 is 16.8 Å². The molecule has 0 aliphatic rings. The molecule has 36 heavy (non-hydrogen) atoms. The highest BCUT2D eigenvalue weighted by Gasteiger charge is 2.29. The van der Waals surface area contributed by atoms with Gasteiger partial charge in [-0.05, 0) is 64.0 Å². The van der Waals surface area contributed by atoms with Gasteiger partial charge >= 0.3 is 0 Å². The lowest BCUT2D eigenvalue weighted by Gasteiger charge is -2.27. The van der Waals surface area contributed by atoms with E-state index < -0.39 is 23.9 Å². The van der Waals surface area contributed by atoms with Crippen molar-refractivity contribution < 1.29 is 9.59 Å². The largest absolute Gasteiger partial charge is 0.368 e. The topological polar surface area (TPSA) is 111 Å². The van der Waals surface area contributed by atoms with Gasteiger partial charge in [0.25, 0.3) is 0 Å². The fraction of sp³-hybridized carbons (Fsp3) is 0.500. The number of hydrogen-bond acceptors (Lipinski definition) is 3. The highest BCUT2D eigenvalue weighted by atomic mass is 16.2. The van der Waals surface area contributed by atoms with Crippen LogP contribution < -0.4 is 16.8 Å².